The van der Waals surface area contributed by atoms with Crippen molar-refractivity contribution in [1.29, 1.82) is 0 Å². The molecular formula is C26H34FN5O3S2. The van der Waals surface area contributed by atoms with Crippen molar-refractivity contribution in [1.82, 2.24) is 15.6 Å². The second-order valence-electron chi connectivity index (χ2n) is 9.23. The maximum absolute atomic E-state index is 14.5. The topological polar surface area (TPSA) is 104 Å². The predicted octanol–water partition coefficient (Wildman–Crippen LogP) is 4.24. The van der Waals surface area contributed by atoms with Gasteiger partial charge in [0.25, 0.3) is 10.0 Å². The van der Waals surface area contributed by atoms with E-state index < -0.39 is 20.7 Å². The molecule has 1 unspecified atom stereocenters. The molecule has 2 heterocycles. The molecule has 200 valence electrons. The minimum absolute atomic E-state index is 0.0703. The van der Waals surface area contributed by atoms with Crippen LogP contribution in [0.15, 0.2) is 58.9 Å². The largest absolute Gasteiger partial charge is 0.497 e. The van der Waals surface area contributed by atoms with Crippen molar-refractivity contribution in [2.45, 2.75) is 42.5 Å². The number of ether oxygens (including phenoxy) is 1. The van der Waals surface area contributed by atoms with Gasteiger partial charge in [-0.05, 0) is 81.1 Å². The average molecular weight is 548 g/mol. The third kappa shape index (κ3) is 7.64. The van der Waals surface area contributed by atoms with Crippen LogP contribution in [0.3, 0.4) is 0 Å². The molecule has 11 heteroatoms. The first-order valence-electron chi connectivity index (χ1n) is 12.4. The second-order valence-corrected chi connectivity index (χ2v) is 11.8. The molecule has 1 aliphatic rings. The van der Waals surface area contributed by atoms with Crippen LogP contribution >= 0.6 is 11.3 Å². The highest BCUT2D eigenvalue weighted by Gasteiger charge is 2.33. The van der Waals surface area contributed by atoms with E-state index in [1.807, 2.05) is 12.1 Å². The Balaban J connectivity index is 1.18. The highest BCUT2D eigenvalue weighted by atomic mass is 32.2. The third-order valence-electron chi connectivity index (χ3n) is 6.48. The minimum Gasteiger partial charge on any atom is -0.497 e. The number of hydrogen-bond acceptors (Lipinski definition) is 8. The van der Waals surface area contributed by atoms with Crippen molar-refractivity contribution in [2.24, 2.45) is 0 Å². The van der Waals surface area contributed by atoms with E-state index in [-0.39, 0.29) is 10.7 Å². The zero-order valence-corrected chi connectivity index (χ0v) is 22.6. The molecule has 1 atom stereocenters. The molecule has 1 aliphatic heterocycles. The Morgan fingerprint density at radius 2 is 1.97 bits per heavy atom. The van der Waals surface area contributed by atoms with E-state index in [4.69, 9.17) is 4.74 Å². The molecular weight excluding hydrogens is 513 g/mol. The monoisotopic (exact) mass is 547 g/mol. The number of thiazole rings is 1. The molecule has 0 saturated carbocycles. The van der Waals surface area contributed by atoms with Crippen molar-refractivity contribution in [2.75, 3.05) is 43.3 Å². The van der Waals surface area contributed by atoms with Crippen LogP contribution in [0.2, 0.25) is 0 Å². The lowest BCUT2D eigenvalue weighted by Crippen LogP contribution is -2.50. The molecule has 1 fully saturated rings. The third-order valence-corrected chi connectivity index (χ3v) is 8.67. The normalized spacial score (nSPS) is 17.6. The summed E-state index contributed by atoms with van der Waals surface area (Å²) in [6.07, 6.45) is 6.65. The highest BCUT2D eigenvalue weighted by molar-refractivity contribution is 7.93. The fourth-order valence-corrected chi connectivity index (χ4v) is 6.42. The fourth-order valence-electron chi connectivity index (χ4n) is 4.58. The van der Waals surface area contributed by atoms with Crippen molar-refractivity contribution < 1.29 is 17.5 Å². The van der Waals surface area contributed by atoms with E-state index in [9.17, 15) is 12.8 Å². The summed E-state index contributed by atoms with van der Waals surface area (Å²) >= 11 is 1.13. The van der Waals surface area contributed by atoms with Gasteiger partial charge in [0.2, 0.25) is 0 Å². The highest BCUT2D eigenvalue weighted by Crippen LogP contribution is 2.25. The number of benzene rings is 2. The van der Waals surface area contributed by atoms with E-state index in [2.05, 4.69) is 37.8 Å². The van der Waals surface area contributed by atoms with Gasteiger partial charge in [-0.2, -0.15) is 0 Å². The molecule has 37 heavy (non-hydrogen) atoms. The van der Waals surface area contributed by atoms with Crippen LogP contribution in [-0.2, 0) is 16.4 Å². The molecule has 4 N–H and O–H groups in total. The Labute approximate surface area is 222 Å². The smallest absolute Gasteiger partial charge is 0.266 e. The number of hydrogen-bond donors (Lipinski definition) is 4. The van der Waals surface area contributed by atoms with Gasteiger partial charge in [0.05, 0.1) is 7.11 Å². The zero-order valence-electron chi connectivity index (χ0n) is 20.9. The van der Waals surface area contributed by atoms with Crippen LogP contribution in [0, 0.1) is 5.82 Å². The van der Waals surface area contributed by atoms with Gasteiger partial charge in [-0.1, -0.05) is 12.1 Å². The Kier molecular flexibility index (Phi) is 9.36. The Morgan fingerprint density at radius 1 is 1.16 bits per heavy atom. The fraction of sp³-hybridized carbons (Fsp3) is 0.423. The lowest BCUT2D eigenvalue weighted by Gasteiger charge is -2.30. The predicted molar refractivity (Wildman–Crippen MR) is 147 cm³/mol. The number of methoxy groups -OCH3 is 1. The summed E-state index contributed by atoms with van der Waals surface area (Å²) < 4.78 is 46.9. The Morgan fingerprint density at radius 3 is 2.65 bits per heavy atom. The van der Waals surface area contributed by atoms with E-state index in [1.54, 1.807) is 18.6 Å². The van der Waals surface area contributed by atoms with E-state index in [1.165, 1.54) is 30.3 Å². The van der Waals surface area contributed by atoms with E-state index >= 15 is 0 Å². The lowest BCUT2D eigenvalue weighted by molar-refractivity contribution is 0.348. The van der Waals surface area contributed by atoms with Gasteiger partial charge < -0.3 is 20.7 Å². The molecule has 1 aromatic heterocycles. The first-order valence-corrected chi connectivity index (χ1v) is 14.8. The van der Waals surface area contributed by atoms with Crippen LogP contribution in [0.1, 0.15) is 31.2 Å². The summed E-state index contributed by atoms with van der Waals surface area (Å²) in [7, 11) is -2.35. The molecule has 4 rings (SSSR count). The van der Waals surface area contributed by atoms with Gasteiger partial charge in [-0.15, -0.1) is 11.3 Å². The van der Waals surface area contributed by atoms with Gasteiger partial charge >= 0.3 is 0 Å². The van der Waals surface area contributed by atoms with Gasteiger partial charge in [-0.25, -0.2) is 17.8 Å². The van der Waals surface area contributed by atoms with Gasteiger partial charge in [0, 0.05) is 35.9 Å². The van der Waals surface area contributed by atoms with E-state index in [0.717, 1.165) is 62.4 Å². The number of anilines is 2. The van der Waals surface area contributed by atoms with Crippen LogP contribution in [-0.4, -0.2) is 52.2 Å². The van der Waals surface area contributed by atoms with Crippen LogP contribution in [0.25, 0.3) is 0 Å². The van der Waals surface area contributed by atoms with E-state index in [0.29, 0.717) is 12.2 Å². The molecule has 0 amide bonds. The molecule has 0 radical (unpaired) electrons. The summed E-state index contributed by atoms with van der Waals surface area (Å²) in [6.45, 7) is 3.50. The van der Waals surface area contributed by atoms with Crippen molar-refractivity contribution in [3.8, 4) is 5.75 Å². The number of sulfonamides is 1. The second kappa shape index (κ2) is 12.7. The SMILES string of the molecule is COc1ccc(CC2(CNCCCCNc3ccc(S(=O)(=O)Nc4nccs4)c(F)c3)CCCN2)cc1. The standard InChI is InChI=1S/C26H34FN5O3S2/c1-35-22-8-5-20(6-9-22)18-26(11-4-14-31-26)19-28-12-2-3-13-29-21-7-10-24(23(27)17-21)37(33,34)32-25-30-15-16-36-25/h5-10,15-17,28-29,31H,2-4,11-14,18-19H2,1H3,(H,30,32). The van der Waals surface area contributed by atoms with Crippen molar-refractivity contribution >= 4 is 32.2 Å². The Bertz CT molecular complexity index is 1230. The summed E-state index contributed by atoms with van der Waals surface area (Å²) in [5.41, 5.74) is 1.92. The average Bonchev–Trinajstić information content (AvgIpc) is 3.56. The minimum atomic E-state index is -4.03. The molecule has 0 bridgehead atoms. The quantitative estimate of drug-likeness (QED) is 0.224. The molecule has 8 nitrogen and oxygen atoms in total. The van der Waals surface area contributed by atoms with Crippen molar-refractivity contribution in [3.63, 3.8) is 0 Å². The van der Waals surface area contributed by atoms with Gasteiger partial charge in [-0.3, -0.25) is 4.72 Å². The van der Waals surface area contributed by atoms with Crippen LogP contribution in [0.5, 0.6) is 5.75 Å². The van der Waals surface area contributed by atoms with Crippen molar-refractivity contribution in [3.05, 3.63) is 65.4 Å². The number of halogens is 1. The maximum atomic E-state index is 14.5. The number of rotatable bonds is 14. The Hall–Kier alpha value is -2.73. The molecule has 1 saturated heterocycles. The van der Waals surface area contributed by atoms with Crippen LogP contribution < -0.4 is 25.4 Å². The molecule has 3 aromatic rings. The van der Waals surface area contributed by atoms with Gasteiger partial charge in [0.15, 0.2) is 5.13 Å². The first kappa shape index (κ1) is 27.3. The first-order chi connectivity index (χ1) is 17.9. The number of nitrogens with one attached hydrogen (secondary N) is 4. The molecule has 0 spiro atoms. The summed E-state index contributed by atoms with van der Waals surface area (Å²) in [5.74, 6) is 0.0679. The molecule has 0 aliphatic carbocycles. The van der Waals surface area contributed by atoms with Crippen LogP contribution in [0.4, 0.5) is 15.2 Å². The maximum Gasteiger partial charge on any atom is 0.266 e. The zero-order chi connectivity index (χ0) is 26.1. The lowest BCUT2D eigenvalue weighted by atomic mass is 9.89. The van der Waals surface area contributed by atoms with Gasteiger partial charge in [0.1, 0.15) is 16.5 Å². The molecule has 2 aromatic carbocycles. The summed E-state index contributed by atoms with van der Waals surface area (Å²) in [4.78, 5) is 3.48. The number of nitrogens with zero attached hydrogens (tertiary/aromatic N) is 1. The number of unbranched alkanes of at least 4 members (excludes halogenated alkanes) is 1. The summed E-state index contributed by atoms with van der Waals surface area (Å²) in [5, 5.41) is 12.3. The summed E-state index contributed by atoms with van der Waals surface area (Å²) in [6, 6.07) is 12.3. The number of aromatic nitrogens is 1.